The van der Waals surface area contributed by atoms with Gasteiger partial charge in [-0.2, -0.15) is 0 Å². The van der Waals surface area contributed by atoms with E-state index in [0.29, 0.717) is 6.67 Å². The maximum absolute atomic E-state index is 11.5. The SMILES string of the molecule is CC1CCc2c(sc3c2C=NCN3Nc2ccc3[nH]c(=O)sc3c2)C1. The molecule has 1 aromatic carbocycles. The molecule has 1 atom stereocenters. The molecule has 0 saturated carbocycles. The van der Waals surface area contributed by atoms with Crippen molar-refractivity contribution in [1.82, 2.24) is 4.98 Å². The summed E-state index contributed by atoms with van der Waals surface area (Å²) in [7, 11) is 0. The lowest BCUT2D eigenvalue weighted by molar-refractivity contribution is 0.507. The summed E-state index contributed by atoms with van der Waals surface area (Å²) in [6.07, 6.45) is 5.64. The Hall–Kier alpha value is -2.12. The summed E-state index contributed by atoms with van der Waals surface area (Å²) >= 11 is 3.13. The van der Waals surface area contributed by atoms with Gasteiger partial charge in [0.1, 0.15) is 11.7 Å². The van der Waals surface area contributed by atoms with Crippen molar-refractivity contribution >= 4 is 49.8 Å². The van der Waals surface area contributed by atoms with E-state index in [-0.39, 0.29) is 4.87 Å². The van der Waals surface area contributed by atoms with Crippen LogP contribution in [0.15, 0.2) is 28.0 Å². The highest BCUT2D eigenvalue weighted by Crippen LogP contribution is 2.41. The summed E-state index contributed by atoms with van der Waals surface area (Å²) < 4.78 is 0.968. The number of anilines is 2. The van der Waals surface area contributed by atoms with E-state index in [1.165, 1.54) is 45.2 Å². The molecule has 2 N–H and O–H groups in total. The van der Waals surface area contributed by atoms with Gasteiger partial charge in [0.25, 0.3) is 0 Å². The number of aromatic amines is 1. The molecular formula is C18H18N4OS2. The number of hydrogen-bond acceptors (Lipinski definition) is 6. The van der Waals surface area contributed by atoms with Gasteiger partial charge in [-0.05, 0) is 48.9 Å². The number of hydrazine groups is 1. The van der Waals surface area contributed by atoms with E-state index < -0.39 is 0 Å². The summed E-state index contributed by atoms with van der Waals surface area (Å²) in [4.78, 5) is 20.4. The topological polar surface area (TPSA) is 60.5 Å². The zero-order valence-electron chi connectivity index (χ0n) is 13.8. The van der Waals surface area contributed by atoms with Gasteiger partial charge in [0.05, 0.1) is 15.9 Å². The number of nitrogens with one attached hydrogen (secondary N) is 2. The second kappa shape index (κ2) is 5.71. The summed E-state index contributed by atoms with van der Waals surface area (Å²) in [5, 5.41) is 3.39. The molecule has 2 aliphatic rings. The van der Waals surface area contributed by atoms with E-state index in [1.54, 1.807) is 0 Å². The molecule has 0 amide bonds. The molecule has 0 radical (unpaired) electrons. The second-order valence-electron chi connectivity index (χ2n) is 6.79. The molecule has 1 aliphatic carbocycles. The van der Waals surface area contributed by atoms with E-state index in [9.17, 15) is 4.79 Å². The number of thiophene rings is 1. The molecule has 5 rings (SSSR count). The van der Waals surface area contributed by atoms with Gasteiger partial charge in [-0.15, -0.1) is 11.3 Å². The summed E-state index contributed by atoms with van der Waals surface area (Å²) in [6, 6.07) is 5.97. The number of rotatable bonds is 2. The van der Waals surface area contributed by atoms with Crippen LogP contribution in [-0.4, -0.2) is 17.9 Å². The van der Waals surface area contributed by atoms with Crippen LogP contribution in [0.3, 0.4) is 0 Å². The van der Waals surface area contributed by atoms with Gasteiger partial charge in [-0.25, -0.2) is 0 Å². The lowest BCUT2D eigenvalue weighted by Crippen LogP contribution is -2.32. The molecule has 3 aromatic rings. The Kier molecular flexibility index (Phi) is 3.46. The van der Waals surface area contributed by atoms with E-state index in [4.69, 9.17) is 0 Å². The first-order valence-electron chi connectivity index (χ1n) is 8.49. The Bertz CT molecular complexity index is 1050. The maximum Gasteiger partial charge on any atom is 0.305 e. The van der Waals surface area contributed by atoms with Crippen LogP contribution in [-0.2, 0) is 12.8 Å². The minimum atomic E-state index is -0.0166. The van der Waals surface area contributed by atoms with Crippen molar-refractivity contribution < 1.29 is 0 Å². The number of aliphatic imine (C=N–C) groups is 1. The molecule has 7 heteroatoms. The molecule has 0 spiro atoms. The molecule has 3 heterocycles. The molecule has 0 fully saturated rings. The smallest absolute Gasteiger partial charge is 0.305 e. The van der Waals surface area contributed by atoms with Gasteiger partial charge >= 0.3 is 4.87 Å². The van der Waals surface area contributed by atoms with Crippen LogP contribution in [0.5, 0.6) is 0 Å². The number of hydrogen-bond donors (Lipinski definition) is 2. The quantitative estimate of drug-likeness (QED) is 0.717. The molecule has 1 unspecified atom stereocenters. The van der Waals surface area contributed by atoms with Crippen LogP contribution >= 0.6 is 22.7 Å². The fourth-order valence-corrected chi connectivity index (χ4v) is 5.84. The highest BCUT2D eigenvalue weighted by atomic mass is 32.1. The largest absolute Gasteiger partial charge is 0.312 e. The lowest BCUT2D eigenvalue weighted by atomic mass is 9.88. The first kappa shape index (κ1) is 15.2. The van der Waals surface area contributed by atoms with Crippen molar-refractivity contribution in [3.05, 3.63) is 43.9 Å². The van der Waals surface area contributed by atoms with Crippen molar-refractivity contribution in [3.8, 4) is 0 Å². The number of fused-ring (bicyclic) bond motifs is 4. The van der Waals surface area contributed by atoms with Crippen LogP contribution in [0, 0.1) is 5.92 Å². The Morgan fingerprint density at radius 2 is 2.28 bits per heavy atom. The first-order valence-corrected chi connectivity index (χ1v) is 10.1. The van der Waals surface area contributed by atoms with Gasteiger partial charge < -0.3 is 4.98 Å². The third-order valence-corrected chi connectivity index (χ3v) is 7.04. The van der Waals surface area contributed by atoms with Crippen molar-refractivity contribution in [2.45, 2.75) is 26.2 Å². The van der Waals surface area contributed by atoms with Crippen molar-refractivity contribution in [1.29, 1.82) is 0 Å². The van der Waals surface area contributed by atoms with Crippen LogP contribution in [0.2, 0.25) is 0 Å². The molecule has 0 saturated heterocycles. The number of thiazole rings is 1. The number of nitrogens with zero attached hydrogens (tertiary/aromatic N) is 2. The predicted molar refractivity (Wildman–Crippen MR) is 107 cm³/mol. The van der Waals surface area contributed by atoms with Crippen LogP contribution in [0.25, 0.3) is 10.2 Å². The third kappa shape index (κ3) is 2.58. The Morgan fingerprint density at radius 1 is 1.36 bits per heavy atom. The van der Waals surface area contributed by atoms with E-state index >= 15 is 0 Å². The zero-order valence-corrected chi connectivity index (χ0v) is 15.5. The van der Waals surface area contributed by atoms with Gasteiger partial charge in [0, 0.05) is 16.7 Å². The fraction of sp³-hybridized carbons (Fsp3) is 0.333. The molecular weight excluding hydrogens is 352 g/mol. The fourth-order valence-electron chi connectivity index (χ4n) is 3.63. The second-order valence-corrected chi connectivity index (χ2v) is 8.89. The maximum atomic E-state index is 11.5. The van der Waals surface area contributed by atoms with Crippen LogP contribution in [0.4, 0.5) is 10.7 Å². The average molecular weight is 371 g/mol. The van der Waals surface area contributed by atoms with E-state index in [0.717, 1.165) is 28.2 Å². The molecule has 1 aliphatic heterocycles. The molecule has 128 valence electrons. The molecule has 25 heavy (non-hydrogen) atoms. The number of benzene rings is 1. The highest BCUT2D eigenvalue weighted by molar-refractivity contribution is 7.17. The summed E-state index contributed by atoms with van der Waals surface area (Å²) in [5.41, 5.74) is 8.13. The van der Waals surface area contributed by atoms with Gasteiger partial charge in [-0.3, -0.25) is 20.2 Å². The van der Waals surface area contributed by atoms with E-state index in [1.807, 2.05) is 35.8 Å². The van der Waals surface area contributed by atoms with E-state index in [2.05, 4.69) is 27.3 Å². The van der Waals surface area contributed by atoms with Crippen LogP contribution < -0.4 is 15.3 Å². The Labute approximate surface area is 153 Å². The van der Waals surface area contributed by atoms with Gasteiger partial charge in [0.15, 0.2) is 0 Å². The predicted octanol–water partition coefficient (Wildman–Crippen LogP) is 4.00. The zero-order chi connectivity index (χ0) is 17.0. The van der Waals surface area contributed by atoms with Crippen molar-refractivity contribution in [3.63, 3.8) is 0 Å². The van der Waals surface area contributed by atoms with Crippen molar-refractivity contribution in [2.75, 3.05) is 17.1 Å². The average Bonchev–Trinajstić information content (AvgIpc) is 3.14. The standard InChI is InChI=1S/C18H18N4OS2/c1-10-2-4-12-13-8-19-9-22(17(13)24-15(12)6-10)21-11-3-5-14-16(7-11)25-18(23)20-14/h3,5,7-8,10,21H,2,4,6,9H2,1H3,(H,20,23). The molecule has 5 nitrogen and oxygen atoms in total. The minimum Gasteiger partial charge on any atom is -0.312 e. The summed E-state index contributed by atoms with van der Waals surface area (Å²) in [5.74, 6) is 0.768. The van der Waals surface area contributed by atoms with Crippen molar-refractivity contribution in [2.24, 2.45) is 10.9 Å². The first-order chi connectivity index (χ1) is 12.2. The van der Waals surface area contributed by atoms with Gasteiger partial charge in [0.2, 0.25) is 0 Å². The Morgan fingerprint density at radius 3 is 3.20 bits per heavy atom. The Balaban J connectivity index is 1.49. The third-order valence-electron chi connectivity index (χ3n) is 4.91. The monoisotopic (exact) mass is 370 g/mol. The minimum absolute atomic E-state index is 0.0166. The summed E-state index contributed by atoms with van der Waals surface area (Å²) in [6.45, 7) is 2.94. The van der Waals surface area contributed by atoms with Crippen LogP contribution in [0.1, 0.15) is 29.3 Å². The lowest BCUT2D eigenvalue weighted by Gasteiger charge is -2.26. The molecule has 2 aromatic heterocycles. The molecule has 0 bridgehead atoms. The highest BCUT2D eigenvalue weighted by Gasteiger charge is 2.27. The number of H-pyrrole nitrogens is 1. The van der Waals surface area contributed by atoms with Gasteiger partial charge in [-0.1, -0.05) is 18.3 Å². The normalized spacial score (nSPS) is 19.1. The number of aromatic nitrogens is 1.